The summed E-state index contributed by atoms with van der Waals surface area (Å²) >= 11 is 1.68. The molecule has 0 aliphatic rings. The monoisotopic (exact) mass is 281 g/mol. The highest BCUT2D eigenvalue weighted by molar-refractivity contribution is 7.99. The third-order valence-corrected chi connectivity index (χ3v) is 3.18. The maximum Gasteiger partial charge on any atom is 0.319 e. The van der Waals surface area contributed by atoms with Crippen LogP contribution in [-0.2, 0) is 4.79 Å². The van der Waals surface area contributed by atoms with E-state index in [1.54, 1.807) is 11.8 Å². The summed E-state index contributed by atoms with van der Waals surface area (Å²) < 4.78 is 0. The molecule has 5 nitrogen and oxygen atoms in total. The number of carbonyl (C=O) groups excluding carboxylic acids is 2. The first-order valence-electron chi connectivity index (χ1n) is 6.14. The molecule has 0 fully saturated rings. The van der Waals surface area contributed by atoms with Crippen LogP contribution in [0, 0.1) is 0 Å². The van der Waals surface area contributed by atoms with Gasteiger partial charge in [0.15, 0.2) is 0 Å². The minimum absolute atomic E-state index is 0.105. The van der Waals surface area contributed by atoms with E-state index in [2.05, 4.69) is 22.9 Å². The van der Waals surface area contributed by atoms with Crippen LogP contribution in [0.3, 0.4) is 0 Å². The smallest absolute Gasteiger partial charge is 0.319 e. The Morgan fingerprint density at radius 1 is 1.16 bits per heavy atom. The van der Waals surface area contributed by atoms with Crippen LogP contribution in [0.15, 0.2) is 29.2 Å². The third-order valence-electron chi connectivity index (χ3n) is 2.22. The van der Waals surface area contributed by atoms with Crippen molar-refractivity contribution in [2.24, 2.45) is 0 Å². The standard InChI is InChI=1S/C13H19N3O2S/c1-3-19-12-7-5-4-6-11(12)16-13(18)15-9-8-14-10(2)17/h4-7H,3,8-9H2,1-2H3,(H,14,17)(H2,15,16,18). The fourth-order valence-electron chi connectivity index (χ4n) is 1.43. The maximum atomic E-state index is 11.7. The molecule has 19 heavy (non-hydrogen) atoms. The van der Waals surface area contributed by atoms with E-state index in [4.69, 9.17) is 0 Å². The predicted molar refractivity (Wildman–Crippen MR) is 78.5 cm³/mol. The summed E-state index contributed by atoms with van der Waals surface area (Å²) in [5.41, 5.74) is 0.798. The van der Waals surface area contributed by atoms with Gasteiger partial charge in [0.25, 0.3) is 0 Å². The van der Waals surface area contributed by atoms with Crippen molar-refractivity contribution in [3.63, 3.8) is 0 Å². The Labute approximate surface area is 117 Å². The molecule has 1 rings (SSSR count). The summed E-state index contributed by atoms with van der Waals surface area (Å²) in [4.78, 5) is 23.4. The SMILES string of the molecule is CCSc1ccccc1NC(=O)NCCNC(C)=O. The highest BCUT2D eigenvalue weighted by atomic mass is 32.2. The Balaban J connectivity index is 2.41. The minimum Gasteiger partial charge on any atom is -0.355 e. The molecule has 0 saturated heterocycles. The Kier molecular flexibility index (Phi) is 6.81. The van der Waals surface area contributed by atoms with Gasteiger partial charge in [0.2, 0.25) is 5.91 Å². The predicted octanol–water partition coefficient (Wildman–Crippen LogP) is 2.06. The second-order valence-electron chi connectivity index (χ2n) is 3.79. The van der Waals surface area contributed by atoms with E-state index in [1.165, 1.54) is 6.92 Å². The zero-order valence-corrected chi connectivity index (χ0v) is 12.0. The molecule has 0 spiro atoms. The molecule has 0 aliphatic carbocycles. The van der Waals surface area contributed by atoms with Crippen LogP contribution >= 0.6 is 11.8 Å². The van der Waals surface area contributed by atoms with Gasteiger partial charge in [-0.05, 0) is 17.9 Å². The zero-order chi connectivity index (χ0) is 14.1. The van der Waals surface area contributed by atoms with Gasteiger partial charge in [-0.1, -0.05) is 19.1 Å². The highest BCUT2D eigenvalue weighted by Crippen LogP contribution is 2.26. The van der Waals surface area contributed by atoms with Crippen molar-refractivity contribution in [3.8, 4) is 0 Å². The van der Waals surface area contributed by atoms with Crippen molar-refractivity contribution < 1.29 is 9.59 Å². The lowest BCUT2D eigenvalue weighted by molar-refractivity contribution is -0.118. The topological polar surface area (TPSA) is 70.2 Å². The summed E-state index contributed by atoms with van der Waals surface area (Å²) in [6.07, 6.45) is 0. The summed E-state index contributed by atoms with van der Waals surface area (Å²) in [7, 11) is 0. The van der Waals surface area contributed by atoms with E-state index in [9.17, 15) is 9.59 Å². The largest absolute Gasteiger partial charge is 0.355 e. The van der Waals surface area contributed by atoms with E-state index < -0.39 is 0 Å². The Morgan fingerprint density at radius 3 is 2.53 bits per heavy atom. The van der Waals surface area contributed by atoms with Crippen molar-refractivity contribution in [2.45, 2.75) is 18.7 Å². The number of hydrogen-bond donors (Lipinski definition) is 3. The van der Waals surface area contributed by atoms with Crippen LogP contribution in [0.5, 0.6) is 0 Å². The molecule has 0 bridgehead atoms. The van der Waals surface area contributed by atoms with E-state index >= 15 is 0 Å². The maximum absolute atomic E-state index is 11.7. The van der Waals surface area contributed by atoms with Crippen molar-refractivity contribution in [1.82, 2.24) is 10.6 Å². The number of rotatable bonds is 6. The van der Waals surface area contributed by atoms with E-state index in [1.807, 2.05) is 24.3 Å². The van der Waals surface area contributed by atoms with Gasteiger partial charge in [0.1, 0.15) is 0 Å². The minimum atomic E-state index is -0.269. The van der Waals surface area contributed by atoms with Crippen LogP contribution in [0.25, 0.3) is 0 Å². The fraction of sp³-hybridized carbons (Fsp3) is 0.385. The number of hydrogen-bond acceptors (Lipinski definition) is 3. The fourth-order valence-corrected chi connectivity index (χ4v) is 2.19. The number of nitrogens with one attached hydrogen (secondary N) is 3. The average molecular weight is 281 g/mol. The van der Waals surface area contributed by atoms with E-state index in [-0.39, 0.29) is 11.9 Å². The first-order valence-corrected chi connectivity index (χ1v) is 7.13. The van der Waals surface area contributed by atoms with Gasteiger partial charge in [0.05, 0.1) is 5.69 Å². The first kappa shape index (κ1) is 15.4. The lowest BCUT2D eigenvalue weighted by atomic mass is 10.3. The molecule has 0 heterocycles. The number of para-hydroxylation sites is 1. The van der Waals surface area contributed by atoms with Crippen LogP contribution in [0.2, 0.25) is 0 Å². The second kappa shape index (κ2) is 8.42. The van der Waals surface area contributed by atoms with Crippen molar-refractivity contribution in [3.05, 3.63) is 24.3 Å². The molecule has 0 atom stereocenters. The number of amides is 3. The number of benzene rings is 1. The second-order valence-corrected chi connectivity index (χ2v) is 5.10. The molecule has 3 amide bonds. The van der Waals surface area contributed by atoms with Crippen LogP contribution < -0.4 is 16.0 Å². The normalized spacial score (nSPS) is 9.79. The van der Waals surface area contributed by atoms with Crippen LogP contribution in [-0.4, -0.2) is 30.8 Å². The van der Waals surface area contributed by atoms with Crippen molar-refractivity contribution in [1.29, 1.82) is 0 Å². The van der Waals surface area contributed by atoms with Gasteiger partial charge in [-0.25, -0.2) is 4.79 Å². The molecule has 6 heteroatoms. The summed E-state index contributed by atoms with van der Waals surface area (Å²) in [5, 5.41) is 8.09. The van der Waals surface area contributed by atoms with Gasteiger partial charge in [-0.3, -0.25) is 4.79 Å². The molecule has 0 radical (unpaired) electrons. The average Bonchev–Trinajstić information content (AvgIpc) is 2.37. The molecular formula is C13H19N3O2S. The third kappa shape index (κ3) is 6.15. The van der Waals surface area contributed by atoms with Gasteiger partial charge in [0, 0.05) is 24.9 Å². The van der Waals surface area contributed by atoms with Crippen LogP contribution in [0.4, 0.5) is 10.5 Å². The number of thioether (sulfide) groups is 1. The lowest BCUT2D eigenvalue weighted by Gasteiger charge is -2.11. The van der Waals surface area contributed by atoms with Gasteiger partial charge < -0.3 is 16.0 Å². The molecule has 0 aromatic heterocycles. The number of anilines is 1. The van der Waals surface area contributed by atoms with E-state index in [0.29, 0.717) is 13.1 Å². The Bertz CT molecular complexity index is 438. The summed E-state index contributed by atoms with van der Waals surface area (Å²) in [6, 6.07) is 7.39. The Morgan fingerprint density at radius 2 is 1.84 bits per heavy atom. The van der Waals surface area contributed by atoms with E-state index in [0.717, 1.165) is 16.3 Å². The molecule has 0 unspecified atom stereocenters. The highest BCUT2D eigenvalue weighted by Gasteiger charge is 2.05. The molecule has 0 aliphatic heterocycles. The Hall–Kier alpha value is -1.69. The number of carbonyl (C=O) groups is 2. The summed E-state index contributed by atoms with van der Waals surface area (Å²) in [6.45, 7) is 4.33. The van der Waals surface area contributed by atoms with Gasteiger partial charge in [-0.15, -0.1) is 11.8 Å². The molecule has 104 valence electrons. The number of urea groups is 1. The van der Waals surface area contributed by atoms with Crippen LogP contribution in [0.1, 0.15) is 13.8 Å². The molecule has 3 N–H and O–H groups in total. The quantitative estimate of drug-likeness (QED) is 0.552. The summed E-state index contributed by atoms with van der Waals surface area (Å²) in [5.74, 6) is 0.843. The van der Waals surface area contributed by atoms with Gasteiger partial charge in [-0.2, -0.15) is 0 Å². The lowest BCUT2D eigenvalue weighted by Crippen LogP contribution is -2.36. The molecule has 1 aromatic carbocycles. The first-order chi connectivity index (χ1) is 9.13. The van der Waals surface area contributed by atoms with Crippen molar-refractivity contribution in [2.75, 3.05) is 24.2 Å². The zero-order valence-electron chi connectivity index (χ0n) is 11.2. The van der Waals surface area contributed by atoms with Gasteiger partial charge >= 0.3 is 6.03 Å². The molecule has 0 saturated carbocycles. The van der Waals surface area contributed by atoms with Crippen molar-refractivity contribution >= 4 is 29.4 Å². The molecular weight excluding hydrogens is 262 g/mol. The molecule has 1 aromatic rings.